The smallest absolute Gasteiger partial charge is 0.225 e. The number of nitrogens with zero attached hydrogens (tertiary/aromatic N) is 3. The number of rotatable bonds is 3. The van der Waals surface area contributed by atoms with Gasteiger partial charge in [0, 0.05) is 32.2 Å². The Balaban J connectivity index is 0.00000161. The van der Waals surface area contributed by atoms with Gasteiger partial charge in [0.05, 0.1) is 12.4 Å². The fourth-order valence-electron chi connectivity index (χ4n) is 2.06. The molecule has 3 rings (SSSR count). The lowest BCUT2D eigenvalue weighted by atomic mass is 10.3. The molecule has 0 amide bonds. The molecule has 1 aromatic carbocycles. The molecule has 0 atom stereocenters. The third-order valence-electron chi connectivity index (χ3n) is 3.05. The normalized spacial score (nSPS) is 14.4. The Bertz CT molecular complexity index is 575. The summed E-state index contributed by atoms with van der Waals surface area (Å²) in [5.74, 6) is 1.29. The van der Waals surface area contributed by atoms with Gasteiger partial charge in [0.25, 0.3) is 0 Å². The Morgan fingerprint density at radius 2 is 1.81 bits per heavy atom. The summed E-state index contributed by atoms with van der Waals surface area (Å²) in [4.78, 5) is 10.7. The Labute approximate surface area is 128 Å². The van der Waals surface area contributed by atoms with Crippen molar-refractivity contribution < 1.29 is 9.13 Å². The third-order valence-corrected chi connectivity index (χ3v) is 3.05. The molecule has 1 aliphatic rings. The van der Waals surface area contributed by atoms with E-state index in [1.807, 2.05) is 0 Å². The molecule has 21 heavy (non-hydrogen) atoms. The summed E-state index contributed by atoms with van der Waals surface area (Å²) in [5.41, 5.74) is 0. The van der Waals surface area contributed by atoms with Crippen LogP contribution in [0.4, 0.5) is 10.3 Å². The van der Waals surface area contributed by atoms with Gasteiger partial charge in [-0.15, -0.1) is 12.4 Å². The molecule has 0 bridgehead atoms. The molecule has 0 saturated carbocycles. The predicted octanol–water partition coefficient (Wildman–Crippen LogP) is 2.24. The highest BCUT2D eigenvalue weighted by Gasteiger charge is 2.12. The molecule has 2 heterocycles. The zero-order chi connectivity index (χ0) is 13.8. The van der Waals surface area contributed by atoms with Crippen LogP contribution in [0.15, 0.2) is 36.7 Å². The minimum Gasteiger partial charge on any atom is -0.454 e. The van der Waals surface area contributed by atoms with Crippen LogP contribution < -0.4 is 15.0 Å². The van der Waals surface area contributed by atoms with Crippen molar-refractivity contribution in [2.75, 3.05) is 31.1 Å². The molecule has 0 spiro atoms. The molecule has 1 aliphatic heterocycles. The minimum absolute atomic E-state index is 0. The molecule has 1 saturated heterocycles. The van der Waals surface area contributed by atoms with Crippen LogP contribution in [0.2, 0.25) is 0 Å². The van der Waals surface area contributed by atoms with Crippen LogP contribution >= 0.6 is 12.4 Å². The van der Waals surface area contributed by atoms with E-state index in [-0.39, 0.29) is 18.2 Å². The first-order chi connectivity index (χ1) is 9.81. The van der Waals surface area contributed by atoms with Gasteiger partial charge in [0.2, 0.25) is 5.95 Å². The van der Waals surface area contributed by atoms with Gasteiger partial charge >= 0.3 is 0 Å². The van der Waals surface area contributed by atoms with Gasteiger partial charge in [-0.05, 0) is 12.1 Å². The van der Waals surface area contributed by atoms with Crippen molar-refractivity contribution in [3.8, 4) is 11.5 Å². The van der Waals surface area contributed by atoms with E-state index in [2.05, 4.69) is 20.2 Å². The number of benzene rings is 1. The average Bonchev–Trinajstić information content (AvgIpc) is 2.49. The standard InChI is InChI=1S/C14H15FN4O.ClH/c15-11-2-1-3-12(8-11)20-13-9-17-14(18-10-13)19-6-4-16-5-7-19;/h1-3,8-10,16H,4-7H2;1H. The highest BCUT2D eigenvalue weighted by atomic mass is 35.5. The molecule has 1 aromatic heterocycles. The second kappa shape index (κ2) is 7.19. The van der Waals surface area contributed by atoms with E-state index in [0.717, 1.165) is 26.2 Å². The number of halogens is 2. The van der Waals surface area contributed by atoms with Gasteiger partial charge < -0.3 is 15.0 Å². The maximum Gasteiger partial charge on any atom is 0.225 e. The van der Waals surface area contributed by atoms with Crippen LogP contribution in [0, 0.1) is 5.82 Å². The summed E-state index contributed by atoms with van der Waals surface area (Å²) in [6, 6.07) is 5.98. The lowest BCUT2D eigenvalue weighted by Gasteiger charge is -2.27. The van der Waals surface area contributed by atoms with Crippen molar-refractivity contribution in [3.63, 3.8) is 0 Å². The zero-order valence-corrected chi connectivity index (χ0v) is 12.1. The van der Waals surface area contributed by atoms with Crippen molar-refractivity contribution in [2.24, 2.45) is 0 Å². The summed E-state index contributed by atoms with van der Waals surface area (Å²) in [7, 11) is 0. The summed E-state index contributed by atoms with van der Waals surface area (Å²) in [5, 5.41) is 3.28. The summed E-state index contributed by atoms with van der Waals surface area (Å²) >= 11 is 0. The summed E-state index contributed by atoms with van der Waals surface area (Å²) in [6.07, 6.45) is 3.21. The van der Waals surface area contributed by atoms with E-state index in [1.54, 1.807) is 24.5 Å². The van der Waals surface area contributed by atoms with E-state index >= 15 is 0 Å². The second-order valence-electron chi connectivity index (χ2n) is 4.52. The van der Waals surface area contributed by atoms with Crippen molar-refractivity contribution in [2.45, 2.75) is 0 Å². The highest BCUT2D eigenvalue weighted by molar-refractivity contribution is 5.85. The minimum atomic E-state index is -0.333. The number of anilines is 1. The third kappa shape index (κ3) is 4.03. The SMILES string of the molecule is Cl.Fc1cccc(Oc2cnc(N3CCNCC3)nc2)c1. The number of ether oxygens (including phenoxy) is 1. The highest BCUT2D eigenvalue weighted by Crippen LogP contribution is 2.21. The first kappa shape index (κ1) is 15.5. The van der Waals surface area contributed by atoms with Crippen LogP contribution in [-0.2, 0) is 0 Å². The molecule has 0 radical (unpaired) electrons. The second-order valence-corrected chi connectivity index (χ2v) is 4.52. The van der Waals surface area contributed by atoms with Crippen LogP contribution in [0.5, 0.6) is 11.5 Å². The molecular weight excluding hydrogens is 295 g/mol. The zero-order valence-electron chi connectivity index (χ0n) is 11.3. The van der Waals surface area contributed by atoms with Gasteiger partial charge in [-0.1, -0.05) is 6.07 Å². The van der Waals surface area contributed by atoms with E-state index in [9.17, 15) is 4.39 Å². The molecule has 2 aromatic rings. The molecule has 1 fully saturated rings. The number of hydrogen-bond acceptors (Lipinski definition) is 5. The van der Waals surface area contributed by atoms with Crippen molar-refractivity contribution >= 4 is 18.4 Å². The van der Waals surface area contributed by atoms with Gasteiger partial charge in [-0.2, -0.15) is 0 Å². The molecule has 5 nitrogen and oxygen atoms in total. The van der Waals surface area contributed by atoms with Crippen LogP contribution in [0.1, 0.15) is 0 Å². The summed E-state index contributed by atoms with van der Waals surface area (Å²) in [6.45, 7) is 3.66. The van der Waals surface area contributed by atoms with Crippen LogP contribution in [-0.4, -0.2) is 36.1 Å². The Morgan fingerprint density at radius 1 is 1.10 bits per heavy atom. The van der Waals surface area contributed by atoms with Gasteiger partial charge in [-0.3, -0.25) is 0 Å². The number of piperazine rings is 1. The quantitative estimate of drug-likeness (QED) is 0.942. The maximum absolute atomic E-state index is 13.1. The summed E-state index contributed by atoms with van der Waals surface area (Å²) < 4.78 is 18.6. The Hall–Kier alpha value is -1.92. The van der Waals surface area contributed by atoms with E-state index in [0.29, 0.717) is 17.4 Å². The first-order valence-corrected chi connectivity index (χ1v) is 6.52. The Morgan fingerprint density at radius 3 is 2.48 bits per heavy atom. The topological polar surface area (TPSA) is 50.3 Å². The Kier molecular flexibility index (Phi) is 5.30. The predicted molar refractivity (Wildman–Crippen MR) is 80.8 cm³/mol. The fourth-order valence-corrected chi connectivity index (χ4v) is 2.06. The lowest BCUT2D eigenvalue weighted by molar-refractivity contribution is 0.471. The van der Waals surface area contributed by atoms with Crippen LogP contribution in [0.25, 0.3) is 0 Å². The van der Waals surface area contributed by atoms with Gasteiger partial charge in [0.1, 0.15) is 11.6 Å². The largest absolute Gasteiger partial charge is 0.454 e. The molecule has 7 heteroatoms. The fraction of sp³-hybridized carbons (Fsp3) is 0.286. The number of aromatic nitrogens is 2. The van der Waals surface area contributed by atoms with Crippen molar-refractivity contribution in [1.82, 2.24) is 15.3 Å². The van der Waals surface area contributed by atoms with E-state index in [1.165, 1.54) is 12.1 Å². The van der Waals surface area contributed by atoms with E-state index in [4.69, 9.17) is 4.74 Å². The van der Waals surface area contributed by atoms with E-state index < -0.39 is 0 Å². The molecule has 1 N–H and O–H groups in total. The first-order valence-electron chi connectivity index (χ1n) is 6.52. The number of hydrogen-bond donors (Lipinski definition) is 1. The van der Waals surface area contributed by atoms with Crippen molar-refractivity contribution in [1.29, 1.82) is 0 Å². The van der Waals surface area contributed by atoms with Crippen molar-refractivity contribution in [3.05, 3.63) is 42.5 Å². The maximum atomic E-state index is 13.1. The number of nitrogens with one attached hydrogen (secondary N) is 1. The monoisotopic (exact) mass is 310 g/mol. The van der Waals surface area contributed by atoms with Gasteiger partial charge in [-0.25, -0.2) is 14.4 Å². The molecule has 0 unspecified atom stereocenters. The lowest BCUT2D eigenvalue weighted by Crippen LogP contribution is -2.44. The molecule has 0 aliphatic carbocycles. The average molecular weight is 311 g/mol. The van der Waals surface area contributed by atoms with Crippen LogP contribution in [0.3, 0.4) is 0 Å². The molecular formula is C14H16ClFN4O. The van der Waals surface area contributed by atoms with Gasteiger partial charge in [0.15, 0.2) is 5.75 Å². The molecule has 112 valence electrons.